The molecule has 43 heavy (non-hydrogen) atoms. The number of benzene rings is 2. The van der Waals surface area contributed by atoms with Crippen LogP contribution in [0.3, 0.4) is 0 Å². The molecule has 0 saturated heterocycles. The topological polar surface area (TPSA) is 139 Å². The maximum Gasteiger partial charge on any atom is 0.320 e. The normalized spacial score (nSPS) is 16.7. The number of ether oxygens (including phenoxy) is 1. The van der Waals surface area contributed by atoms with E-state index in [2.05, 4.69) is 16.0 Å². The molecule has 2 aromatic carbocycles. The standard InChI is InChI=1S/C34H43N7O2/c1-21(2)32(37)41-18-17-24(19-30(41)36)43-28-16-15-27(25-9-7-8-10-26(25)28)39-33(42)40-31(20-29(35)34(4,5)6)38-23-13-11-22(3)12-14-23/h7-14,17-21,27-28,35-38H,15-16H2,1-6H3,(H2,39,40,42)/b31-20+,35-29?,36-30?,37-32?. The zero-order chi connectivity index (χ0) is 31.3. The van der Waals surface area contributed by atoms with Crippen LogP contribution in [-0.2, 0) is 0 Å². The second kappa shape index (κ2) is 13.1. The molecule has 2 atom stereocenters. The highest BCUT2D eigenvalue weighted by molar-refractivity contribution is 5.97. The van der Waals surface area contributed by atoms with E-state index in [4.69, 9.17) is 21.0 Å². The first-order valence-electron chi connectivity index (χ1n) is 14.7. The summed E-state index contributed by atoms with van der Waals surface area (Å²) in [6, 6.07) is 18.6. The third-order valence-corrected chi connectivity index (χ3v) is 7.43. The van der Waals surface area contributed by atoms with Gasteiger partial charge in [0.2, 0.25) is 0 Å². The predicted octanol–water partition coefficient (Wildman–Crippen LogP) is 7.03. The Kier molecular flexibility index (Phi) is 9.53. The molecule has 0 spiro atoms. The largest absolute Gasteiger partial charge is 0.486 e. The number of rotatable bonds is 8. The summed E-state index contributed by atoms with van der Waals surface area (Å²) in [5.41, 5.74) is 4.10. The van der Waals surface area contributed by atoms with Crippen LogP contribution in [-0.4, -0.2) is 22.1 Å². The van der Waals surface area contributed by atoms with Gasteiger partial charge in [-0.25, -0.2) is 4.79 Å². The van der Waals surface area contributed by atoms with Gasteiger partial charge < -0.3 is 20.8 Å². The first-order valence-corrected chi connectivity index (χ1v) is 14.7. The molecule has 1 aliphatic carbocycles. The van der Waals surface area contributed by atoms with Crippen molar-refractivity contribution >= 4 is 23.3 Å². The van der Waals surface area contributed by atoms with E-state index in [0.717, 1.165) is 22.4 Å². The van der Waals surface area contributed by atoms with Crippen molar-refractivity contribution < 1.29 is 9.53 Å². The number of hydrogen-bond acceptors (Lipinski definition) is 6. The lowest BCUT2D eigenvalue weighted by Crippen LogP contribution is -2.41. The maximum absolute atomic E-state index is 13.3. The zero-order valence-electron chi connectivity index (χ0n) is 25.8. The van der Waals surface area contributed by atoms with Crippen molar-refractivity contribution in [1.82, 2.24) is 15.2 Å². The molecule has 226 valence electrons. The van der Waals surface area contributed by atoms with Gasteiger partial charge in [-0.1, -0.05) is 76.6 Å². The number of nitrogens with one attached hydrogen (secondary N) is 6. The number of aryl methyl sites for hydroxylation is 1. The van der Waals surface area contributed by atoms with Crippen molar-refractivity contribution in [3.63, 3.8) is 0 Å². The molecule has 2 amide bonds. The Morgan fingerprint density at radius 2 is 1.70 bits per heavy atom. The molecule has 6 N–H and O–H groups in total. The molecule has 4 rings (SSSR count). The number of carbonyl (C=O) groups is 1. The van der Waals surface area contributed by atoms with Gasteiger partial charge in [0.1, 0.15) is 29.0 Å². The van der Waals surface area contributed by atoms with E-state index in [1.165, 1.54) is 0 Å². The smallest absolute Gasteiger partial charge is 0.320 e. The molecule has 9 nitrogen and oxygen atoms in total. The third kappa shape index (κ3) is 8.00. The predicted molar refractivity (Wildman–Crippen MR) is 172 cm³/mol. The molecule has 2 unspecified atom stereocenters. The van der Waals surface area contributed by atoms with Crippen LogP contribution in [0.25, 0.3) is 0 Å². The maximum atomic E-state index is 13.3. The van der Waals surface area contributed by atoms with Gasteiger partial charge in [-0.2, -0.15) is 0 Å². The highest BCUT2D eigenvalue weighted by Crippen LogP contribution is 2.38. The molecule has 1 aromatic heterocycles. The summed E-state index contributed by atoms with van der Waals surface area (Å²) in [4.78, 5) is 13.3. The van der Waals surface area contributed by atoms with E-state index in [-0.39, 0.29) is 35.0 Å². The van der Waals surface area contributed by atoms with E-state index >= 15 is 0 Å². The van der Waals surface area contributed by atoms with E-state index in [1.54, 1.807) is 29.0 Å². The monoisotopic (exact) mass is 581 g/mol. The zero-order valence-corrected chi connectivity index (χ0v) is 25.8. The fourth-order valence-corrected chi connectivity index (χ4v) is 4.80. The van der Waals surface area contributed by atoms with Crippen LogP contribution in [0.2, 0.25) is 0 Å². The average Bonchev–Trinajstić information content (AvgIpc) is 2.94. The van der Waals surface area contributed by atoms with Crippen molar-refractivity contribution in [2.75, 3.05) is 5.32 Å². The minimum atomic E-state index is -0.383. The lowest BCUT2D eigenvalue weighted by atomic mass is 9.85. The summed E-state index contributed by atoms with van der Waals surface area (Å²) in [7, 11) is 0. The van der Waals surface area contributed by atoms with Crippen LogP contribution in [0.15, 0.2) is 78.8 Å². The minimum absolute atomic E-state index is 0.00308. The summed E-state index contributed by atoms with van der Waals surface area (Å²) >= 11 is 0. The van der Waals surface area contributed by atoms with Crippen molar-refractivity contribution in [1.29, 1.82) is 16.2 Å². The van der Waals surface area contributed by atoms with Gasteiger partial charge in [0, 0.05) is 41.1 Å². The van der Waals surface area contributed by atoms with Crippen LogP contribution >= 0.6 is 0 Å². The number of hydrogen-bond donors (Lipinski definition) is 6. The van der Waals surface area contributed by atoms with Crippen molar-refractivity contribution in [2.24, 2.45) is 11.3 Å². The molecule has 1 heterocycles. The first kappa shape index (κ1) is 31.3. The molecule has 0 bridgehead atoms. The number of amides is 2. The molecule has 1 aliphatic rings. The SMILES string of the molecule is Cc1ccc(N/C(=C\C(=N)C(C)(C)C)NC(=O)NC2CCC(Oc3ccn(C(=N)C(C)C)c(=N)c3)c3ccccc32)cc1. The van der Waals surface area contributed by atoms with Gasteiger partial charge in [0.15, 0.2) is 0 Å². The summed E-state index contributed by atoms with van der Waals surface area (Å²) in [6.45, 7) is 11.8. The number of anilines is 1. The fraction of sp³-hybridized carbons (Fsp3) is 0.353. The van der Waals surface area contributed by atoms with E-state index in [1.807, 2.05) is 90.1 Å². The number of carbonyl (C=O) groups excluding carboxylic acids is 1. The highest BCUT2D eigenvalue weighted by Gasteiger charge is 2.29. The Labute approximate surface area is 253 Å². The summed E-state index contributed by atoms with van der Waals surface area (Å²) in [5, 5.41) is 34.4. The molecule has 3 aromatic rings. The summed E-state index contributed by atoms with van der Waals surface area (Å²) < 4.78 is 7.90. The first-order chi connectivity index (χ1) is 20.3. The number of nitrogens with zero attached hydrogens (tertiary/aromatic N) is 1. The number of aromatic nitrogens is 1. The fourth-order valence-electron chi connectivity index (χ4n) is 4.80. The Balaban J connectivity index is 1.49. The molecular weight excluding hydrogens is 538 g/mol. The molecule has 0 fully saturated rings. The number of allylic oxidation sites excluding steroid dienone is 1. The van der Waals surface area contributed by atoms with Crippen LogP contribution < -0.4 is 26.2 Å². The quantitative estimate of drug-likeness (QED) is 0.126. The molecular formula is C34H43N7O2. The number of fused-ring (bicyclic) bond motifs is 1. The van der Waals surface area contributed by atoms with Gasteiger partial charge >= 0.3 is 6.03 Å². The highest BCUT2D eigenvalue weighted by atomic mass is 16.5. The van der Waals surface area contributed by atoms with Gasteiger partial charge in [0.05, 0.1) is 6.04 Å². The van der Waals surface area contributed by atoms with Crippen LogP contribution in [0.4, 0.5) is 10.5 Å². The average molecular weight is 582 g/mol. The van der Waals surface area contributed by atoms with Crippen LogP contribution in [0.1, 0.15) is 76.3 Å². The van der Waals surface area contributed by atoms with Gasteiger partial charge in [-0.15, -0.1) is 0 Å². The van der Waals surface area contributed by atoms with Gasteiger partial charge in [-0.05, 0) is 49.1 Å². The van der Waals surface area contributed by atoms with Crippen molar-refractivity contribution in [2.45, 2.75) is 66.5 Å². The second-order valence-electron chi connectivity index (χ2n) is 12.3. The second-order valence-corrected chi connectivity index (χ2v) is 12.3. The molecule has 0 radical (unpaired) electrons. The Morgan fingerprint density at radius 3 is 2.33 bits per heavy atom. The van der Waals surface area contributed by atoms with Gasteiger partial charge in [0.25, 0.3) is 0 Å². The van der Waals surface area contributed by atoms with Crippen LogP contribution in [0.5, 0.6) is 5.75 Å². The molecule has 0 saturated carbocycles. The lowest BCUT2D eigenvalue weighted by Gasteiger charge is -2.32. The molecule has 9 heteroatoms. The van der Waals surface area contributed by atoms with Crippen molar-refractivity contribution in [3.05, 3.63) is 101 Å². The van der Waals surface area contributed by atoms with Gasteiger partial charge in [-0.3, -0.25) is 20.7 Å². The number of urea groups is 1. The Bertz CT molecular complexity index is 1580. The van der Waals surface area contributed by atoms with Crippen LogP contribution in [0, 0.1) is 34.5 Å². The molecule has 0 aliphatic heterocycles. The van der Waals surface area contributed by atoms with E-state index in [0.29, 0.717) is 36.0 Å². The Hall–Kier alpha value is -4.66. The third-order valence-electron chi connectivity index (χ3n) is 7.43. The summed E-state index contributed by atoms with van der Waals surface area (Å²) in [5.74, 6) is 1.35. The van der Waals surface area contributed by atoms with E-state index in [9.17, 15) is 4.79 Å². The number of pyridine rings is 1. The lowest BCUT2D eigenvalue weighted by molar-refractivity contribution is 0.171. The minimum Gasteiger partial charge on any atom is -0.486 e. The van der Waals surface area contributed by atoms with Crippen molar-refractivity contribution in [3.8, 4) is 5.75 Å². The van der Waals surface area contributed by atoms with E-state index < -0.39 is 0 Å². The Morgan fingerprint density at radius 1 is 1.02 bits per heavy atom. The summed E-state index contributed by atoms with van der Waals surface area (Å²) in [6.07, 6.45) is 4.47.